The molecule has 0 aromatic rings. The van der Waals surface area contributed by atoms with E-state index < -0.39 is 5.97 Å². The average Bonchev–Trinajstić information content (AvgIpc) is 3.27. The van der Waals surface area contributed by atoms with Gasteiger partial charge in [-0.1, -0.05) is 37.8 Å². The number of carboxylic acids is 1. The highest BCUT2D eigenvalue weighted by atomic mass is 32.2. The first-order chi connectivity index (χ1) is 13.2. The van der Waals surface area contributed by atoms with Crippen molar-refractivity contribution in [3.63, 3.8) is 0 Å². The van der Waals surface area contributed by atoms with Crippen LogP contribution in [0, 0.1) is 11.8 Å². The lowest BCUT2D eigenvalue weighted by molar-refractivity contribution is -0.137. The van der Waals surface area contributed by atoms with Gasteiger partial charge in [-0.05, 0) is 75.4 Å². The Bertz CT molecular complexity index is 473. The number of fused-ring (bicyclic) bond motifs is 2. The van der Waals surface area contributed by atoms with E-state index in [-0.39, 0.29) is 0 Å². The maximum Gasteiger partial charge on any atom is 0.303 e. The average molecular weight is 411 g/mol. The van der Waals surface area contributed by atoms with Gasteiger partial charge in [-0.25, -0.2) is 0 Å². The highest BCUT2D eigenvalue weighted by Crippen LogP contribution is 2.55. The van der Waals surface area contributed by atoms with Crippen LogP contribution in [0.2, 0.25) is 0 Å². The number of allylic oxidation sites excluding steroid dienone is 2. The normalized spacial score (nSPS) is 31.1. The Hall–Kier alpha value is -0.0900. The predicted molar refractivity (Wildman–Crippen MR) is 120 cm³/mol. The summed E-state index contributed by atoms with van der Waals surface area (Å²) in [6.45, 7) is 0. The van der Waals surface area contributed by atoms with E-state index in [0.29, 0.717) is 6.42 Å². The first kappa shape index (κ1) is 21.6. The molecule has 0 radical (unpaired) electrons. The molecule has 4 atom stereocenters. The second-order valence-corrected chi connectivity index (χ2v) is 11.6. The zero-order valence-electron chi connectivity index (χ0n) is 16.8. The van der Waals surface area contributed by atoms with Gasteiger partial charge >= 0.3 is 5.97 Å². The van der Waals surface area contributed by atoms with Crippen LogP contribution in [-0.2, 0) is 4.79 Å². The summed E-state index contributed by atoms with van der Waals surface area (Å²) in [7, 11) is 0. The minimum atomic E-state index is -0.672. The lowest BCUT2D eigenvalue weighted by atomic mass is 9.75. The van der Waals surface area contributed by atoms with E-state index >= 15 is 0 Å². The molecule has 2 heterocycles. The Labute approximate surface area is 174 Å². The minimum absolute atomic E-state index is 0.301. The van der Waals surface area contributed by atoms with Gasteiger partial charge < -0.3 is 5.11 Å². The molecule has 1 aliphatic carbocycles. The SMILES string of the molecule is O=C(O)CCC/C=C\C[C@@H]1[C@H](CCCCSC2CCCCC2)[C@@H]2CC[C@H]1S2. The summed E-state index contributed by atoms with van der Waals surface area (Å²) in [5.74, 6) is 2.54. The minimum Gasteiger partial charge on any atom is -0.481 e. The van der Waals surface area contributed by atoms with Crippen LogP contribution in [0.15, 0.2) is 12.2 Å². The molecule has 3 fully saturated rings. The monoisotopic (exact) mass is 410 g/mol. The molecule has 154 valence electrons. The van der Waals surface area contributed by atoms with E-state index in [2.05, 4.69) is 35.7 Å². The molecule has 3 rings (SSSR count). The van der Waals surface area contributed by atoms with E-state index in [1.54, 1.807) is 0 Å². The Morgan fingerprint density at radius 2 is 1.74 bits per heavy atom. The molecule has 0 aromatic carbocycles. The molecule has 2 bridgehead atoms. The number of rotatable bonds is 12. The van der Waals surface area contributed by atoms with Crippen LogP contribution >= 0.6 is 23.5 Å². The summed E-state index contributed by atoms with van der Waals surface area (Å²) in [4.78, 5) is 10.6. The number of hydrogen-bond donors (Lipinski definition) is 1. The number of hydrogen-bond acceptors (Lipinski definition) is 3. The Kier molecular flexibility index (Phi) is 9.45. The molecule has 4 heteroatoms. The molecule has 2 nitrogen and oxygen atoms in total. The van der Waals surface area contributed by atoms with Crippen molar-refractivity contribution in [2.45, 2.75) is 106 Å². The summed E-state index contributed by atoms with van der Waals surface area (Å²) in [5.41, 5.74) is 0. The van der Waals surface area contributed by atoms with Gasteiger partial charge in [-0.2, -0.15) is 23.5 Å². The van der Waals surface area contributed by atoms with Crippen LogP contribution in [-0.4, -0.2) is 32.6 Å². The largest absolute Gasteiger partial charge is 0.481 e. The molecule has 2 aliphatic heterocycles. The molecule has 27 heavy (non-hydrogen) atoms. The Morgan fingerprint density at radius 1 is 0.963 bits per heavy atom. The van der Waals surface area contributed by atoms with Crippen molar-refractivity contribution in [1.82, 2.24) is 0 Å². The van der Waals surface area contributed by atoms with Gasteiger partial charge in [0.15, 0.2) is 0 Å². The Morgan fingerprint density at radius 3 is 2.52 bits per heavy atom. The molecule has 0 unspecified atom stereocenters. The maximum absolute atomic E-state index is 10.6. The first-order valence-electron chi connectivity index (χ1n) is 11.4. The van der Waals surface area contributed by atoms with Crippen molar-refractivity contribution in [1.29, 1.82) is 0 Å². The van der Waals surface area contributed by atoms with Crippen molar-refractivity contribution in [3.8, 4) is 0 Å². The van der Waals surface area contributed by atoms with E-state index in [1.807, 2.05) is 0 Å². The van der Waals surface area contributed by atoms with Crippen molar-refractivity contribution in [2.75, 3.05) is 5.75 Å². The van der Waals surface area contributed by atoms with Gasteiger partial charge in [0, 0.05) is 22.2 Å². The first-order valence-corrected chi connectivity index (χ1v) is 13.4. The van der Waals surface area contributed by atoms with E-state index in [4.69, 9.17) is 5.11 Å². The summed E-state index contributed by atoms with van der Waals surface area (Å²) < 4.78 is 0. The van der Waals surface area contributed by atoms with Crippen LogP contribution in [0.4, 0.5) is 0 Å². The van der Waals surface area contributed by atoms with Crippen LogP contribution in [0.25, 0.3) is 0 Å². The third-order valence-electron chi connectivity index (χ3n) is 6.76. The Balaban J connectivity index is 1.31. The van der Waals surface area contributed by atoms with Gasteiger partial charge in [0.1, 0.15) is 0 Å². The fourth-order valence-electron chi connectivity index (χ4n) is 5.30. The standard InChI is InChI=1S/C23H38O2S2/c24-23(25)14-7-2-1-6-12-19-20(22-16-15-21(19)27-22)13-8-9-17-26-18-10-4-3-5-11-18/h1,6,18-22H,2-5,7-17H2,(H,24,25)/b6-1-/t19-,20+,21-,22+/m1/s1. The molecular formula is C23H38O2S2. The van der Waals surface area contributed by atoms with E-state index in [9.17, 15) is 4.79 Å². The lowest BCUT2D eigenvalue weighted by Crippen LogP contribution is -2.26. The van der Waals surface area contributed by atoms with Gasteiger partial charge in [0.05, 0.1) is 0 Å². The molecule has 2 saturated heterocycles. The van der Waals surface area contributed by atoms with E-state index in [0.717, 1.165) is 40.4 Å². The van der Waals surface area contributed by atoms with Gasteiger partial charge in [-0.15, -0.1) is 0 Å². The fourth-order valence-corrected chi connectivity index (χ4v) is 8.72. The van der Waals surface area contributed by atoms with E-state index in [1.165, 1.54) is 76.4 Å². The smallest absolute Gasteiger partial charge is 0.303 e. The molecule has 1 saturated carbocycles. The number of unbranched alkanes of at least 4 members (excludes halogenated alkanes) is 2. The van der Waals surface area contributed by atoms with Gasteiger partial charge in [-0.3, -0.25) is 4.79 Å². The van der Waals surface area contributed by atoms with Crippen molar-refractivity contribution in [3.05, 3.63) is 12.2 Å². The number of carbonyl (C=O) groups is 1. The molecular weight excluding hydrogens is 372 g/mol. The molecule has 3 aliphatic rings. The predicted octanol–water partition coefficient (Wildman–Crippen LogP) is 6.93. The number of thioether (sulfide) groups is 2. The second kappa shape index (κ2) is 11.8. The second-order valence-electron chi connectivity index (χ2n) is 8.74. The number of carboxylic acid groups (broad SMARTS) is 1. The molecule has 0 aromatic heterocycles. The van der Waals surface area contributed by atoms with Crippen molar-refractivity contribution >= 4 is 29.5 Å². The third-order valence-corrected chi connectivity index (χ3v) is 10.1. The molecule has 0 spiro atoms. The van der Waals surface area contributed by atoms with Crippen LogP contribution in [0.3, 0.4) is 0 Å². The van der Waals surface area contributed by atoms with Crippen molar-refractivity contribution in [2.24, 2.45) is 11.8 Å². The van der Waals surface area contributed by atoms with Gasteiger partial charge in [0.2, 0.25) is 0 Å². The maximum atomic E-state index is 10.6. The topological polar surface area (TPSA) is 37.3 Å². The van der Waals surface area contributed by atoms with Crippen LogP contribution < -0.4 is 0 Å². The highest BCUT2D eigenvalue weighted by molar-refractivity contribution is 8.01. The molecule has 0 amide bonds. The highest BCUT2D eigenvalue weighted by Gasteiger charge is 2.46. The third kappa shape index (κ3) is 7.03. The number of aliphatic carboxylic acids is 1. The fraction of sp³-hybridized carbons (Fsp3) is 0.870. The summed E-state index contributed by atoms with van der Waals surface area (Å²) in [5, 5.41) is 11.5. The quantitative estimate of drug-likeness (QED) is 0.279. The van der Waals surface area contributed by atoms with Crippen LogP contribution in [0.1, 0.15) is 89.9 Å². The summed E-state index contributed by atoms with van der Waals surface area (Å²) in [6, 6.07) is 0. The summed E-state index contributed by atoms with van der Waals surface area (Å²) >= 11 is 4.55. The van der Waals surface area contributed by atoms with Crippen LogP contribution in [0.5, 0.6) is 0 Å². The summed E-state index contributed by atoms with van der Waals surface area (Å²) in [6.07, 6.45) is 22.3. The zero-order valence-corrected chi connectivity index (χ0v) is 18.5. The zero-order chi connectivity index (χ0) is 18.9. The molecule has 1 N–H and O–H groups in total. The van der Waals surface area contributed by atoms with Crippen molar-refractivity contribution < 1.29 is 9.90 Å². The lowest BCUT2D eigenvalue weighted by Gasteiger charge is -2.29. The van der Waals surface area contributed by atoms with Gasteiger partial charge in [0.25, 0.3) is 0 Å².